The Balaban J connectivity index is 5.33. The van der Waals surface area contributed by atoms with Crippen molar-refractivity contribution < 1.29 is 80.2 Å². The van der Waals surface area contributed by atoms with Crippen molar-refractivity contribution >= 4 is 39.5 Å². The summed E-state index contributed by atoms with van der Waals surface area (Å²) in [6.45, 7) is 4.83. The van der Waals surface area contributed by atoms with Crippen LogP contribution in [-0.2, 0) is 65.4 Å². The maximum Gasteiger partial charge on any atom is 0.472 e. The number of carbonyl (C=O) groups is 4. The van der Waals surface area contributed by atoms with Gasteiger partial charge in [0.05, 0.1) is 26.4 Å². The van der Waals surface area contributed by atoms with Crippen LogP contribution >= 0.6 is 15.6 Å². The maximum atomic E-state index is 13.1. The lowest BCUT2D eigenvalue weighted by Crippen LogP contribution is -2.30. The fourth-order valence-corrected chi connectivity index (χ4v) is 12.0. The van der Waals surface area contributed by atoms with E-state index in [0.717, 1.165) is 141 Å². The van der Waals surface area contributed by atoms with Gasteiger partial charge in [0, 0.05) is 25.7 Å². The largest absolute Gasteiger partial charge is 0.472 e. The smallest absolute Gasteiger partial charge is 0.462 e. The lowest BCUT2D eigenvalue weighted by Gasteiger charge is -2.21. The van der Waals surface area contributed by atoms with E-state index >= 15 is 0 Å². The van der Waals surface area contributed by atoms with Crippen LogP contribution in [0.1, 0.15) is 349 Å². The molecule has 0 fully saturated rings. The molecule has 94 heavy (non-hydrogen) atoms. The minimum atomic E-state index is -4.97. The van der Waals surface area contributed by atoms with Gasteiger partial charge in [-0.15, -0.1) is 0 Å². The van der Waals surface area contributed by atoms with Crippen molar-refractivity contribution in [3.8, 4) is 0 Å². The highest BCUT2D eigenvalue weighted by molar-refractivity contribution is 7.47. The Morgan fingerprint density at radius 3 is 0.830 bits per heavy atom. The van der Waals surface area contributed by atoms with Crippen LogP contribution in [0.4, 0.5) is 0 Å². The van der Waals surface area contributed by atoms with Crippen LogP contribution in [0.25, 0.3) is 0 Å². The van der Waals surface area contributed by atoms with Gasteiger partial charge in [-0.05, 0) is 109 Å². The number of aliphatic hydroxyl groups excluding tert-OH is 1. The molecule has 0 aromatic carbocycles. The molecule has 17 nitrogen and oxygen atoms in total. The number of hydrogen-bond donors (Lipinski definition) is 3. The topological polar surface area (TPSA) is 237 Å². The number of allylic oxidation sites excluding steroid dienone is 8. The van der Waals surface area contributed by atoms with Gasteiger partial charge in [0.25, 0.3) is 0 Å². The molecule has 3 N–H and O–H groups in total. The Kier molecular flexibility index (Phi) is 66.4. The Labute approximate surface area is 572 Å². The third kappa shape index (κ3) is 67.6. The first-order valence-corrected chi connectivity index (χ1v) is 40.9. The van der Waals surface area contributed by atoms with Crippen molar-refractivity contribution in [2.45, 2.75) is 367 Å². The zero-order chi connectivity index (χ0) is 69.0. The number of hydrogen-bond acceptors (Lipinski definition) is 15. The molecule has 0 aromatic rings. The highest BCUT2D eigenvalue weighted by Gasteiger charge is 2.30. The van der Waals surface area contributed by atoms with Crippen molar-refractivity contribution in [3.05, 3.63) is 48.6 Å². The van der Waals surface area contributed by atoms with Gasteiger partial charge in [0.2, 0.25) is 0 Å². The molecule has 2 unspecified atom stereocenters. The normalized spacial score (nSPS) is 14.2. The van der Waals surface area contributed by atoms with E-state index in [9.17, 15) is 43.2 Å². The standard InChI is InChI=1S/C75H138O17P2/c1-5-9-13-17-21-25-29-33-34-38-42-46-50-54-58-62-75(80)92-71(66-86-73(78)60-56-52-48-44-40-36-31-27-23-19-15-11-7-3)68-90-94(83,84)88-64-69(76)63-87-93(81,82)89-67-70(91-74(79)61-57-53-49-45-41-37-32-28-24-20-16-12-8-4)65-85-72(77)59-55-51-47-43-39-35-30-26-22-18-14-10-6-2/h21,25-26,28,30,32-34,69-71,76H,5-20,22-24,27,29,31,35-68H2,1-4H3,(H,81,82)(H,83,84)/b25-21-,30-26-,32-28-,34-33-/t69-,70-,71-/m1/s1. The number of esters is 4. The fraction of sp³-hybridized carbons (Fsp3) is 0.840. The van der Waals surface area contributed by atoms with Gasteiger partial charge in [-0.2, -0.15) is 0 Å². The van der Waals surface area contributed by atoms with E-state index in [2.05, 4.69) is 76.3 Å². The highest BCUT2D eigenvalue weighted by atomic mass is 31.2. The van der Waals surface area contributed by atoms with Gasteiger partial charge in [-0.1, -0.05) is 263 Å². The fourth-order valence-electron chi connectivity index (χ4n) is 10.4. The molecule has 0 saturated heterocycles. The Hall–Kier alpha value is -2.98. The van der Waals surface area contributed by atoms with Crippen LogP contribution in [0.5, 0.6) is 0 Å². The van der Waals surface area contributed by atoms with Gasteiger partial charge >= 0.3 is 39.5 Å². The lowest BCUT2D eigenvalue weighted by atomic mass is 10.0. The second-order valence-corrected chi connectivity index (χ2v) is 28.5. The summed E-state index contributed by atoms with van der Waals surface area (Å²) in [5.41, 5.74) is 0. The number of unbranched alkanes of at least 4 members (excludes halogenated alkanes) is 38. The maximum absolute atomic E-state index is 13.1. The summed E-state index contributed by atoms with van der Waals surface area (Å²) >= 11 is 0. The quantitative estimate of drug-likeness (QED) is 0.0169. The molecular weight excluding hydrogens is 1230 g/mol. The number of phosphoric ester groups is 2. The number of rotatable bonds is 72. The summed E-state index contributed by atoms with van der Waals surface area (Å²) in [6, 6.07) is 0. The Morgan fingerprint density at radius 2 is 0.521 bits per heavy atom. The number of ether oxygens (including phenoxy) is 4. The van der Waals surface area contributed by atoms with Crippen molar-refractivity contribution in [3.63, 3.8) is 0 Å². The third-order valence-corrected chi connectivity index (χ3v) is 18.2. The first-order valence-electron chi connectivity index (χ1n) is 37.9. The highest BCUT2D eigenvalue weighted by Crippen LogP contribution is 2.45. The van der Waals surface area contributed by atoms with Crippen LogP contribution in [0.2, 0.25) is 0 Å². The molecule has 0 aromatic heterocycles. The van der Waals surface area contributed by atoms with E-state index in [1.807, 2.05) is 0 Å². The van der Waals surface area contributed by atoms with E-state index in [4.69, 9.17) is 37.0 Å². The minimum Gasteiger partial charge on any atom is -0.462 e. The predicted octanol–water partition coefficient (Wildman–Crippen LogP) is 21.3. The summed E-state index contributed by atoms with van der Waals surface area (Å²) in [6.07, 6.45) is 63.8. The second kappa shape index (κ2) is 68.5. The molecular formula is C75H138O17P2. The number of aliphatic hydroxyl groups is 1. The zero-order valence-electron chi connectivity index (χ0n) is 59.9. The van der Waals surface area contributed by atoms with Crippen LogP contribution in [0, 0.1) is 0 Å². The molecule has 0 spiro atoms. The molecule has 5 atom stereocenters. The zero-order valence-corrected chi connectivity index (χ0v) is 61.7. The molecule has 0 heterocycles. The molecule has 19 heteroatoms. The van der Waals surface area contributed by atoms with Crippen molar-refractivity contribution in [2.24, 2.45) is 0 Å². The van der Waals surface area contributed by atoms with Crippen LogP contribution < -0.4 is 0 Å². The van der Waals surface area contributed by atoms with Crippen LogP contribution in [0.15, 0.2) is 48.6 Å². The first-order chi connectivity index (χ1) is 45.7. The van der Waals surface area contributed by atoms with Gasteiger partial charge in [0.1, 0.15) is 19.3 Å². The molecule has 0 aliphatic carbocycles. The molecule has 0 amide bonds. The van der Waals surface area contributed by atoms with E-state index in [1.54, 1.807) is 0 Å². The monoisotopic (exact) mass is 1370 g/mol. The predicted molar refractivity (Wildman–Crippen MR) is 381 cm³/mol. The van der Waals surface area contributed by atoms with Gasteiger partial charge in [-0.3, -0.25) is 37.3 Å². The van der Waals surface area contributed by atoms with E-state index in [-0.39, 0.29) is 25.7 Å². The number of phosphoric acid groups is 2. The van der Waals surface area contributed by atoms with Gasteiger partial charge in [0.15, 0.2) is 12.2 Å². The third-order valence-electron chi connectivity index (χ3n) is 16.3. The van der Waals surface area contributed by atoms with Gasteiger partial charge < -0.3 is 33.8 Å². The van der Waals surface area contributed by atoms with Gasteiger partial charge in [-0.25, -0.2) is 9.13 Å². The van der Waals surface area contributed by atoms with E-state index in [0.29, 0.717) is 25.7 Å². The van der Waals surface area contributed by atoms with Crippen LogP contribution in [0.3, 0.4) is 0 Å². The molecule has 550 valence electrons. The van der Waals surface area contributed by atoms with Crippen molar-refractivity contribution in [1.29, 1.82) is 0 Å². The van der Waals surface area contributed by atoms with Crippen LogP contribution in [-0.4, -0.2) is 96.7 Å². The SMILES string of the molecule is CCCCC/C=C\C/C=C\CCCCCCCC(=O)O[C@H](COC(=O)CCCCCCCCCCCCCCC)COP(=O)(O)OC[C@H](O)COP(=O)(O)OC[C@@H](COC(=O)CCCCCCC/C=C\CCCCCC)OC(=O)CCCCCCC/C=C\CCCCCC. The minimum absolute atomic E-state index is 0.0847. The van der Waals surface area contributed by atoms with E-state index in [1.165, 1.54) is 128 Å². The first kappa shape index (κ1) is 91.0. The summed E-state index contributed by atoms with van der Waals surface area (Å²) in [7, 11) is -9.93. The summed E-state index contributed by atoms with van der Waals surface area (Å²) in [5, 5.41) is 10.6. The van der Waals surface area contributed by atoms with E-state index < -0.39 is 97.5 Å². The van der Waals surface area contributed by atoms with Crippen molar-refractivity contribution in [1.82, 2.24) is 0 Å². The average Bonchev–Trinajstić information content (AvgIpc) is 2.26. The molecule has 0 rings (SSSR count). The molecule has 0 aliphatic heterocycles. The molecule has 0 bridgehead atoms. The molecule has 0 aliphatic rings. The number of carbonyl (C=O) groups excluding carboxylic acids is 4. The second-order valence-electron chi connectivity index (χ2n) is 25.6. The lowest BCUT2D eigenvalue weighted by molar-refractivity contribution is -0.161. The van der Waals surface area contributed by atoms with Crippen molar-refractivity contribution in [2.75, 3.05) is 39.6 Å². The average molecular weight is 1370 g/mol. The molecule has 0 saturated carbocycles. The summed E-state index contributed by atoms with van der Waals surface area (Å²) in [5.74, 6) is -2.18. The molecule has 0 radical (unpaired) electrons. The summed E-state index contributed by atoms with van der Waals surface area (Å²) in [4.78, 5) is 72.7. The summed E-state index contributed by atoms with van der Waals surface area (Å²) < 4.78 is 68.4. The Morgan fingerprint density at radius 1 is 0.298 bits per heavy atom. The Bertz CT molecular complexity index is 1980.